The minimum absolute atomic E-state index is 0.520. The van der Waals surface area contributed by atoms with Gasteiger partial charge in [-0.25, -0.2) is 0 Å². The average Bonchev–Trinajstić information content (AvgIpc) is 2.19. The molecular formula is C13H24N2. The molecule has 0 saturated carbocycles. The zero-order chi connectivity index (χ0) is 11.4. The van der Waals surface area contributed by atoms with Crippen LogP contribution < -0.4 is 0 Å². The third kappa shape index (κ3) is 2.93. The molecule has 2 nitrogen and oxygen atoms in total. The van der Waals surface area contributed by atoms with Gasteiger partial charge in [0.05, 0.1) is 0 Å². The van der Waals surface area contributed by atoms with Crippen molar-refractivity contribution in [2.24, 2.45) is 0 Å². The van der Waals surface area contributed by atoms with E-state index in [0.717, 1.165) is 13.1 Å². The molecule has 0 radical (unpaired) electrons. The quantitative estimate of drug-likeness (QED) is 0.656. The molecule has 0 aromatic heterocycles. The van der Waals surface area contributed by atoms with Gasteiger partial charge in [0.15, 0.2) is 0 Å². The van der Waals surface area contributed by atoms with Gasteiger partial charge in [0.1, 0.15) is 0 Å². The van der Waals surface area contributed by atoms with E-state index in [0.29, 0.717) is 12.1 Å². The van der Waals surface area contributed by atoms with E-state index in [1.807, 2.05) is 6.08 Å². The van der Waals surface area contributed by atoms with Crippen LogP contribution in [0, 0.1) is 0 Å². The van der Waals surface area contributed by atoms with Crippen LogP contribution in [-0.4, -0.2) is 48.6 Å². The SMILES string of the molecule is C=C/C(=C\C)C1CN(C)CCN1C(C)C. The maximum Gasteiger partial charge on any atom is 0.0474 e. The Bertz CT molecular complexity index is 243. The van der Waals surface area contributed by atoms with Gasteiger partial charge in [-0.15, -0.1) is 0 Å². The van der Waals surface area contributed by atoms with E-state index in [1.54, 1.807) is 0 Å². The number of hydrogen-bond donors (Lipinski definition) is 0. The monoisotopic (exact) mass is 208 g/mol. The van der Waals surface area contributed by atoms with Crippen molar-refractivity contribution in [2.45, 2.75) is 32.9 Å². The molecule has 15 heavy (non-hydrogen) atoms. The minimum atomic E-state index is 0.520. The minimum Gasteiger partial charge on any atom is -0.303 e. The Morgan fingerprint density at radius 1 is 1.40 bits per heavy atom. The Balaban J connectivity index is 2.82. The van der Waals surface area contributed by atoms with Crippen molar-refractivity contribution < 1.29 is 0 Å². The van der Waals surface area contributed by atoms with Crippen LogP contribution in [0.4, 0.5) is 0 Å². The summed E-state index contributed by atoms with van der Waals surface area (Å²) in [6.07, 6.45) is 4.19. The lowest BCUT2D eigenvalue weighted by Gasteiger charge is -2.43. The van der Waals surface area contributed by atoms with Crippen molar-refractivity contribution in [3.05, 3.63) is 24.3 Å². The van der Waals surface area contributed by atoms with E-state index in [1.165, 1.54) is 12.1 Å². The molecule has 1 aliphatic heterocycles. The van der Waals surface area contributed by atoms with Crippen LogP contribution in [-0.2, 0) is 0 Å². The van der Waals surface area contributed by atoms with Gasteiger partial charge in [-0.2, -0.15) is 0 Å². The van der Waals surface area contributed by atoms with Gasteiger partial charge < -0.3 is 4.90 Å². The number of allylic oxidation sites excluding steroid dienone is 1. The highest BCUT2D eigenvalue weighted by atomic mass is 15.3. The van der Waals surface area contributed by atoms with Gasteiger partial charge in [0.2, 0.25) is 0 Å². The van der Waals surface area contributed by atoms with Crippen molar-refractivity contribution in [3.8, 4) is 0 Å². The molecule has 0 bridgehead atoms. The summed E-state index contributed by atoms with van der Waals surface area (Å²) >= 11 is 0. The molecule has 1 atom stereocenters. The lowest BCUT2D eigenvalue weighted by atomic mass is 10.0. The molecule has 1 unspecified atom stereocenters. The zero-order valence-corrected chi connectivity index (χ0v) is 10.5. The normalized spacial score (nSPS) is 25.9. The summed E-state index contributed by atoms with van der Waals surface area (Å²) in [6.45, 7) is 14.0. The maximum absolute atomic E-state index is 3.91. The Labute approximate surface area is 94.3 Å². The Hall–Kier alpha value is -0.600. The maximum atomic E-state index is 3.91. The van der Waals surface area contributed by atoms with Gasteiger partial charge in [-0.05, 0) is 33.4 Å². The molecule has 0 aromatic carbocycles. The summed E-state index contributed by atoms with van der Waals surface area (Å²) < 4.78 is 0. The summed E-state index contributed by atoms with van der Waals surface area (Å²) in [6, 6.07) is 1.13. The summed E-state index contributed by atoms with van der Waals surface area (Å²) in [5, 5.41) is 0. The molecule has 1 heterocycles. The summed E-state index contributed by atoms with van der Waals surface area (Å²) in [5.74, 6) is 0. The first-order chi connectivity index (χ1) is 7.10. The van der Waals surface area contributed by atoms with Crippen LogP contribution in [0.1, 0.15) is 20.8 Å². The van der Waals surface area contributed by atoms with Crippen LogP contribution >= 0.6 is 0 Å². The highest BCUT2D eigenvalue weighted by Crippen LogP contribution is 2.19. The molecule has 0 aromatic rings. The van der Waals surface area contributed by atoms with Gasteiger partial charge in [-0.1, -0.05) is 18.7 Å². The van der Waals surface area contributed by atoms with Crippen molar-refractivity contribution in [2.75, 3.05) is 26.7 Å². The van der Waals surface area contributed by atoms with Gasteiger partial charge in [0.25, 0.3) is 0 Å². The van der Waals surface area contributed by atoms with Crippen LogP contribution in [0.2, 0.25) is 0 Å². The van der Waals surface area contributed by atoms with E-state index in [2.05, 4.69) is 50.3 Å². The first-order valence-corrected chi connectivity index (χ1v) is 5.83. The number of hydrogen-bond acceptors (Lipinski definition) is 2. The predicted octanol–water partition coefficient (Wildman–Crippen LogP) is 2.14. The second-order valence-electron chi connectivity index (χ2n) is 4.60. The fourth-order valence-electron chi connectivity index (χ4n) is 2.29. The number of piperazine rings is 1. The molecule has 1 aliphatic rings. The smallest absolute Gasteiger partial charge is 0.0474 e. The van der Waals surface area contributed by atoms with E-state index < -0.39 is 0 Å². The molecule has 0 amide bonds. The third-order valence-electron chi connectivity index (χ3n) is 3.24. The van der Waals surface area contributed by atoms with E-state index in [-0.39, 0.29) is 0 Å². The summed E-state index contributed by atoms with van der Waals surface area (Å²) in [5.41, 5.74) is 1.36. The van der Waals surface area contributed by atoms with Crippen molar-refractivity contribution in [1.29, 1.82) is 0 Å². The molecule has 86 valence electrons. The molecule has 0 spiro atoms. The topological polar surface area (TPSA) is 6.48 Å². The van der Waals surface area contributed by atoms with Crippen molar-refractivity contribution in [1.82, 2.24) is 9.80 Å². The standard InChI is InChI=1S/C13H24N2/c1-6-12(7-2)13-10-14(5)8-9-15(13)11(3)4/h6-7,11,13H,1,8-10H2,2-5H3/b12-7+. The third-order valence-corrected chi connectivity index (χ3v) is 3.24. The van der Waals surface area contributed by atoms with Crippen LogP contribution in [0.15, 0.2) is 24.3 Å². The van der Waals surface area contributed by atoms with E-state index in [9.17, 15) is 0 Å². The fraction of sp³-hybridized carbons (Fsp3) is 0.692. The first-order valence-electron chi connectivity index (χ1n) is 5.83. The Morgan fingerprint density at radius 2 is 2.07 bits per heavy atom. The average molecular weight is 208 g/mol. The highest BCUT2D eigenvalue weighted by molar-refractivity contribution is 5.23. The number of nitrogens with zero attached hydrogens (tertiary/aromatic N) is 2. The number of likely N-dealkylation sites (N-methyl/N-ethyl adjacent to an activating group) is 1. The van der Waals surface area contributed by atoms with E-state index in [4.69, 9.17) is 0 Å². The lowest BCUT2D eigenvalue weighted by Crippen LogP contribution is -2.54. The fourth-order valence-corrected chi connectivity index (χ4v) is 2.29. The Kier molecular flexibility index (Phi) is 4.55. The Morgan fingerprint density at radius 3 is 2.53 bits per heavy atom. The van der Waals surface area contributed by atoms with Crippen molar-refractivity contribution in [3.63, 3.8) is 0 Å². The summed E-state index contributed by atoms with van der Waals surface area (Å²) in [4.78, 5) is 4.97. The summed E-state index contributed by atoms with van der Waals surface area (Å²) in [7, 11) is 2.20. The second kappa shape index (κ2) is 5.47. The zero-order valence-electron chi connectivity index (χ0n) is 10.5. The molecular weight excluding hydrogens is 184 g/mol. The van der Waals surface area contributed by atoms with Gasteiger partial charge >= 0.3 is 0 Å². The van der Waals surface area contributed by atoms with Crippen molar-refractivity contribution >= 4 is 0 Å². The molecule has 1 saturated heterocycles. The largest absolute Gasteiger partial charge is 0.303 e. The first kappa shape index (κ1) is 12.5. The molecule has 1 fully saturated rings. The molecule has 1 rings (SSSR count). The van der Waals surface area contributed by atoms with Crippen LogP contribution in [0.5, 0.6) is 0 Å². The highest BCUT2D eigenvalue weighted by Gasteiger charge is 2.28. The van der Waals surface area contributed by atoms with E-state index >= 15 is 0 Å². The van der Waals surface area contributed by atoms with Gasteiger partial charge in [0, 0.05) is 31.7 Å². The van der Waals surface area contributed by atoms with Crippen LogP contribution in [0.3, 0.4) is 0 Å². The van der Waals surface area contributed by atoms with Crippen LogP contribution in [0.25, 0.3) is 0 Å². The molecule has 2 heteroatoms. The number of rotatable bonds is 3. The molecule has 0 aliphatic carbocycles. The second-order valence-corrected chi connectivity index (χ2v) is 4.60. The lowest BCUT2D eigenvalue weighted by molar-refractivity contribution is 0.0842. The molecule has 0 N–H and O–H groups in total. The predicted molar refractivity (Wildman–Crippen MR) is 67.1 cm³/mol. The van der Waals surface area contributed by atoms with Gasteiger partial charge in [-0.3, -0.25) is 4.90 Å².